The minimum Gasteiger partial charge on any atom is -0.309 e. The average Bonchev–Trinajstić information content (AvgIpc) is 2.70. The molecule has 0 aliphatic rings. The first-order valence-electron chi connectivity index (χ1n) is 6.03. The molecule has 1 aromatic carbocycles. The van der Waals surface area contributed by atoms with Crippen LogP contribution in [0.25, 0.3) is 0 Å². The van der Waals surface area contributed by atoms with Gasteiger partial charge in [0.1, 0.15) is 0 Å². The fraction of sp³-hybridized carbons (Fsp3) is 0.286. The first-order valence-corrected chi connectivity index (χ1v) is 7.61. The molecule has 1 atom stereocenters. The van der Waals surface area contributed by atoms with E-state index in [1.807, 2.05) is 0 Å². The van der Waals surface area contributed by atoms with Crippen molar-refractivity contribution in [2.75, 3.05) is 7.05 Å². The van der Waals surface area contributed by atoms with Gasteiger partial charge in [-0.25, -0.2) is 0 Å². The van der Waals surface area contributed by atoms with Gasteiger partial charge < -0.3 is 5.32 Å². The van der Waals surface area contributed by atoms with Crippen molar-refractivity contribution in [3.05, 3.63) is 55.2 Å². The molecule has 1 nitrogen and oxygen atoms in total. The van der Waals surface area contributed by atoms with Crippen LogP contribution >= 0.6 is 34.5 Å². The lowest BCUT2D eigenvalue weighted by atomic mass is 9.95. The maximum atomic E-state index is 12.7. The molecule has 2 rings (SSSR count). The molecule has 1 N–H and O–H groups in total. The third-order valence-corrected chi connectivity index (χ3v) is 4.71. The van der Waals surface area contributed by atoms with E-state index >= 15 is 0 Å². The summed E-state index contributed by atoms with van der Waals surface area (Å²) in [5, 5.41) is 3.07. The highest BCUT2D eigenvalue weighted by Crippen LogP contribution is 2.39. The highest BCUT2D eigenvalue weighted by Gasteiger charge is 2.31. The molecule has 2 aromatic rings. The number of thiophene rings is 1. The first kappa shape index (κ1) is 16.6. The Kier molecular flexibility index (Phi) is 4.88. The van der Waals surface area contributed by atoms with Crippen molar-refractivity contribution in [1.29, 1.82) is 0 Å². The number of halogens is 5. The van der Waals surface area contributed by atoms with E-state index < -0.39 is 11.7 Å². The van der Waals surface area contributed by atoms with Crippen molar-refractivity contribution in [1.82, 2.24) is 5.32 Å². The zero-order chi connectivity index (χ0) is 15.8. The molecule has 0 aliphatic heterocycles. The molecule has 0 amide bonds. The van der Waals surface area contributed by atoms with Gasteiger partial charge in [0.05, 0.1) is 20.3 Å². The number of alkyl halides is 3. The third kappa shape index (κ3) is 3.54. The monoisotopic (exact) mass is 353 g/mol. The van der Waals surface area contributed by atoms with Gasteiger partial charge in [-0.15, -0.1) is 11.3 Å². The maximum absolute atomic E-state index is 12.7. The van der Waals surface area contributed by atoms with Gasteiger partial charge in [0.15, 0.2) is 0 Å². The number of rotatable bonds is 3. The van der Waals surface area contributed by atoms with Crippen LogP contribution in [0.3, 0.4) is 0 Å². The molecule has 1 unspecified atom stereocenters. The molecular weight excluding hydrogens is 342 g/mol. The second-order valence-electron chi connectivity index (χ2n) is 4.57. The quantitative estimate of drug-likeness (QED) is 0.747. The normalized spacial score (nSPS) is 13.5. The summed E-state index contributed by atoms with van der Waals surface area (Å²) in [6.07, 6.45) is -4.35. The fourth-order valence-electron chi connectivity index (χ4n) is 2.20. The van der Waals surface area contributed by atoms with E-state index in [1.165, 1.54) is 17.4 Å². The Labute approximate surface area is 134 Å². The Morgan fingerprint density at radius 1 is 1.14 bits per heavy atom. The Bertz CT molecular complexity index is 652. The van der Waals surface area contributed by atoms with Crippen LogP contribution in [0.1, 0.15) is 28.3 Å². The van der Waals surface area contributed by atoms with Crippen LogP contribution in [0, 0.1) is 6.92 Å². The smallest absolute Gasteiger partial charge is 0.309 e. The van der Waals surface area contributed by atoms with Crippen LogP contribution < -0.4 is 5.32 Å². The molecule has 0 saturated heterocycles. The van der Waals surface area contributed by atoms with Gasteiger partial charge in [-0.1, -0.05) is 29.3 Å². The molecule has 0 radical (unpaired) electrons. The van der Waals surface area contributed by atoms with Gasteiger partial charge in [-0.05, 0) is 43.3 Å². The lowest BCUT2D eigenvalue weighted by Gasteiger charge is -2.20. The van der Waals surface area contributed by atoms with E-state index in [0.29, 0.717) is 14.2 Å². The average molecular weight is 354 g/mol. The predicted octanol–water partition coefficient (Wildman–Crippen LogP) is 5.69. The Morgan fingerprint density at radius 3 is 2.24 bits per heavy atom. The van der Waals surface area contributed by atoms with Gasteiger partial charge in [-0.2, -0.15) is 13.2 Å². The second kappa shape index (κ2) is 6.16. The summed E-state index contributed by atoms with van der Waals surface area (Å²) >= 11 is 13.3. The van der Waals surface area contributed by atoms with Crippen molar-refractivity contribution in [3.8, 4) is 0 Å². The zero-order valence-corrected chi connectivity index (χ0v) is 13.5. The molecule has 0 aliphatic carbocycles. The Morgan fingerprint density at radius 2 is 1.81 bits per heavy atom. The minimum atomic E-state index is -4.35. The predicted molar refractivity (Wildman–Crippen MR) is 81.4 cm³/mol. The van der Waals surface area contributed by atoms with Crippen molar-refractivity contribution in [3.63, 3.8) is 0 Å². The highest BCUT2D eigenvalue weighted by atomic mass is 35.5. The molecule has 0 bridgehead atoms. The number of nitrogens with one attached hydrogen (secondary N) is 1. The van der Waals surface area contributed by atoms with E-state index in [9.17, 15) is 13.2 Å². The van der Waals surface area contributed by atoms with Gasteiger partial charge >= 0.3 is 6.18 Å². The summed E-state index contributed by atoms with van der Waals surface area (Å²) in [5.41, 5.74) is 1.38. The van der Waals surface area contributed by atoms with Crippen molar-refractivity contribution in [2.45, 2.75) is 19.1 Å². The standard InChI is InChI=1S/C14H12Cl2F3NS/c1-7-5-8(14(17,18)19)3-4-9(7)12(20-2)10-6-11(15)21-13(10)16/h3-6,12,20H,1-2H3. The second-order valence-corrected chi connectivity index (χ2v) is 6.86. The van der Waals surface area contributed by atoms with E-state index in [4.69, 9.17) is 23.2 Å². The van der Waals surface area contributed by atoms with Gasteiger partial charge in [0.25, 0.3) is 0 Å². The third-order valence-electron chi connectivity index (χ3n) is 3.19. The van der Waals surface area contributed by atoms with Crippen LogP contribution in [0.2, 0.25) is 8.67 Å². The maximum Gasteiger partial charge on any atom is 0.416 e. The van der Waals surface area contributed by atoms with Crippen LogP contribution in [-0.2, 0) is 6.18 Å². The number of benzene rings is 1. The van der Waals surface area contributed by atoms with Crippen LogP contribution in [0.5, 0.6) is 0 Å². The Hall–Kier alpha value is -0.750. The Balaban J connectivity index is 2.46. The summed E-state index contributed by atoms with van der Waals surface area (Å²) in [6.45, 7) is 1.65. The number of aryl methyl sites for hydroxylation is 1. The fourth-order valence-corrected chi connectivity index (χ4v) is 3.74. The largest absolute Gasteiger partial charge is 0.416 e. The number of hydrogen-bond acceptors (Lipinski definition) is 2. The first-order chi connectivity index (χ1) is 9.74. The topological polar surface area (TPSA) is 12.0 Å². The van der Waals surface area contributed by atoms with Crippen LogP contribution in [0.4, 0.5) is 13.2 Å². The molecule has 0 fully saturated rings. The highest BCUT2D eigenvalue weighted by molar-refractivity contribution is 7.20. The summed E-state index contributed by atoms with van der Waals surface area (Å²) < 4.78 is 39.2. The number of hydrogen-bond donors (Lipinski definition) is 1. The SMILES string of the molecule is CNC(c1ccc(C(F)(F)F)cc1C)c1cc(Cl)sc1Cl. The van der Waals surface area contributed by atoms with E-state index in [-0.39, 0.29) is 6.04 Å². The lowest BCUT2D eigenvalue weighted by Crippen LogP contribution is -2.19. The molecule has 0 spiro atoms. The summed E-state index contributed by atoms with van der Waals surface area (Å²) in [6, 6.07) is 5.12. The van der Waals surface area contributed by atoms with Gasteiger partial charge in [0.2, 0.25) is 0 Å². The summed E-state index contributed by atoms with van der Waals surface area (Å²) in [7, 11) is 1.73. The van der Waals surface area contributed by atoms with Gasteiger partial charge in [0, 0.05) is 5.56 Å². The molecule has 7 heteroatoms. The molecule has 1 aromatic heterocycles. The van der Waals surface area contributed by atoms with Crippen LogP contribution in [-0.4, -0.2) is 7.05 Å². The van der Waals surface area contributed by atoms with E-state index in [2.05, 4.69) is 5.32 Å². The zero-order valence-electron chi connectivity index (χ0n) is 11.2. The van der Waals surface area contributed by atoms with Gasteiger partial charge in [-0.3, -0.25) is 0 Å². The molecule has 21 heavy (non-hydrogen) atoms. The molecule has 0 saturated carbocycles. The molecule has 1 heterocycles. The van der Waals surface area contributed by atoms with E-state index in [1.54, 1.807) is 20.0 Å². The molecule has 114 valence electrons. The molecular formula is C14H12Cl2F3NS. The lowest BCUT2D eigenvalue weighted by molar-refractivity contribution is -0.137. The van der Waals surface area contributed by atoms with E-state index in [0.717, 1.165) is 23.3 Å². The van der Waals surface area contributed by atoms with Crippen molar-refractivity contribution in [2.24, 2.45) is 0 Å². The van der Waals surface area contributed by atoms with Crippen molar-refractivity contribution >= 4 is 34.5 Å². The van der Waals surface area contributed by atoms with Crippen LogP contribution in [0.15, 0.2) is 24.3 Å². The summed E-state index contributed by atoms with van der Waals surface area (Å²) in [5.74, 6) is 0. The van der Waals surface area contributed by atoms with Crippen molar-refractivity contribution < 1.29 is 13.2 Å². The summed E-state index contributed by atoms with van der Waals surface area (Å²) in [4.78, 5) is 0. The minimum absolute atomic E-state index is 0.302.